The summed E-state index contributed by atoms with van der Waals surface area (Å²) in [5.74, 6) is 0.419. The van der Waals surface area contributed by atoms with Crippen molar-refractivity contribution in [3.63, 3.8) is 0 Å². The van der Waals surface area contributed by atoms with Gasteiger partial charge in [-0.05, 0) is 68.1 Å². The second-order valence-electron chi connectivity index (χ2n) is 9.13. The molecule has 0 radical (unpaired) electrons. The molecule has 1 aromatic rings. The van der Waals surface area contributed by atoms with E-state index in [4.69, 9.17) is 9.84 Å². The highest BCUT2D eigenvalue weighted by Crippen LogP contribution is 2.41. The third-order valence-electron chi connectivity index (χ3n) is 5.33. The lowest BCUT2D eigenvalue weighted by atomic mass is 9.96. The fourth-order valence-corrected chi connectivity index (χ4v) is 4.10. The van der Waals surface area contributed by atoms with Crippen LogP contribution in [0.1, 0.15) is 40.0 Å². The van der Waals surface area contributed by atoms with Gasteiger partial charge in [0, 0.05) is 25.7 Å². The minimum absolute atomic E-state index is 0.0256. The standard InChI is InChI=1S/C22H32BrN5O5/c1-22(2,3)33-21(32)28-9-7-13(11-16(28)20(31)24-8-4-10-29)26-17-12-25-15-6-5-14(23)19(30)18(15)27-17/h5-6,13,16,25,29-30H,4,7-12H2,1-3H3,(H,24,31)(H,26,27)/t13-,16-/m0/s1. The summed E-state index contributed by atoms with van der Waals surface area (Å²) in [6.45, 7) is 6.46. The highest BCUT2D eigenvalue weighted by Gasteiger charge is 2.38. The van der Waals surface area contributed by atoms with E-state index in [1.807, 2.05) is 6.07 Å². The van der Waals surface area contributed by atoms with Gasteiger partial charge in [0.2, 0.25) is 5.91 Å². The minimum atomic E-state index is -0.711. The Hall–Kier alpha value is -2.53. The number of phenolic OH excluding ortho intramolecular Hbond substituents is 1. The average Bonchev–Trinajstić information content (AvgIpc) is 2.75. The molecule has 1 fully saturated rings. The van der Waals surface area contributed by atoms with E-state index in [1.54, 1.807) is 26.8 Å². The number of benzene rings is 1. The molecule has 0 aliphatic carbocycles. The summed E-state index contributed by atoms with van der Waals surface area (Å²) in [5.41, 5.74) is 0.515. The number of aliphatic imine (C=N–C) groups is 1. The predicted molar refractivity (Wildman–Crippen MR) is 129 cm³/mol. The van der Waals surface area contributed by atoms with Crippen molar-refractivity contribution in [1.29, 1.82) is 0 Å². The molecule has 10 nitrogen and oxygen atoms in total. The molecule has 33 heavy (non-hydrogen) atoms. The lowest BCUT2D eigenvalue weighted by Crippen LogP contribution is -2.58. The summed E-state index contributed by atoms with van der Waals surface area (Å²) in [6.07, 6.45) is 0.896. The Labute approximate surface area is 201 Å². The average molecular weight is 526 g/mol. The Balaban J connectivity index is 1.73. The van der Waals surface area contributed by atoms with Crippen LogP contribution < -0.4 is 16.0 Å². The summed E-state index contributed by atoms with van der Waals surface area (Å²) in [7, 11) is 0. The van der Waals surface area contributed by atoms with Gasteiger partial charge in [-0.2, -0.15) is 0 Å². The summed E-state index contributed by atoms with van der Waals surface area (Å²) < 4.78 is 6.07. The molecule has 1 saturated heterocycles. The fraction of sp³-hybridized carbons (Fsp3) is 0.591. The van der Waals surface area contributed by atoms with Gasteiger partial charge in [-0.15, -0.1) is 0 Å². The number of aromatic hydroxyl groups is 1. The second-order valence-corrected chi connectivity index (χ2v) is 9.98. The highest BCUT2D eigenvalue weighted by atomic mass is 79.9. The first-order valence-electron chi connectivity index (χ1n) is 11.1. The molecule has 0 unspecified atom stereocenters. The Morgan fingerprint density at radius 1 is 1.36 bits per heavy atom. The third-order valence-corrected chi connectivity index (χ3v) is 5.97. The molecule has 182 valence electrons. The molecule has 2 aliphatic rings. The van der Waals surface area contributed by atoms with Crippen LogP contribution in [0.3, 0.4) is 0 Å². The Morgan fingerprint density at radius 2 is 2.12 bits per heavy atom. The molecule has 3 rings (SSSR count). The number of carbonyl (C=O) groups is 2. The van der Waals surface area contributed by atoms with E-state index < -0.39 is 17.7 Å². The third kappa shape index (κ3) is 6.50. The van der Waals surface area contributed by atoms with Crippen LogP contribution >= 0.6 is 15.9 Å². The van der Waals surface area contributed by atoms with Gasteiger partial charge in [0.05, 0.1) is 16.7 Å². The predicted octanol–water partition coefficient (Wildman–Crippen LogP) is 2.47. The van der Waals surface area contributed by atoms with Gasteiger partial charge < -0.3 is 30.9 Å². The van der Waals surface area contributed by atoms with E-state index >= 15 is 0 Å². The zero-order valence-electron chi connectivity index (χ0n) is 19.2. The molecule has 0 bridgehead atoms. The number of anilines is 1. The van der Waals surface area contributed by atoms with Gasteiger partial charge in [0.25, 0.3) is 0 Å². The smallest absolute Gasteiger partial charge is 0.410 e. The molecule has 0 aromatic heterocycles. The number of phenols is 1. The van der Waals surface area contributed by atoms with Crippen LogP contribution in [0.4, 0.5) is 16.2 Å². The van der Waals surface area contributed by atoms with Crippen LogP contribution in [0.15, 0.2) is 21.6 Å². The number of aliphatic hydroxyl groups is 1. The number of amides is 2. The van der Waals surface area contributed by atoms with Gasteiger partial charge in [-0.3, -0.25) is 9.69 Å². The van der Waals surface area contributed by atoms with Crippen LogP contribution in [0.5, 0.6) is 5.75 Å². The second kappa shape index (κ2) is 10.6. The SMILES string of the molecule is CC(C)(C)OC(=O)N1CC[C@H](NC2=Nc3c(ccc(Br)c3O)NC2)C[C@H]1C(=O)NCCCO. The van der Waals surface area contributed by atoms with Crippen molar-refractivity contribution in [2.45, 2.75) is 57.7 Å². The summed E-state index contributed by atoms with van der Waals surface area (Å²) in [5, 5.41) is 28.7. The number of halogens is 1. The Kier molecular flexibility index (Phi) is 8.06. The number of amidine groups is 1. The van der Waals surface area contributed by atoms with E-state index in [0.717, 1.165) is 5.69 Å². The minimum Gasteiger partial charge on any atom is -0.504 e. The van der Waals surface area contributed by atoms with Gasteiger partial charge in [0.15, 0.2) is 5.75 Å². The fourth-order valence-electron chi connectivity index (χ4n) is 3.78. The number of aliphatic hydroxyl groups excluding tert-OH is 1. The maximum absolute atomic E-state index is 12.9. The highest BCUT2D eigenvalue weighted by molar-refractivity contribution is 9.10. The van der Waals surface area contributed by atoms with Crippen molar-refractivity contribution in [2.75, 3.05) is 31.6 Å². The molecule has 2 atom stereocenters. The van der Waals surface area contributed by atoms with Crippen LogP contribution in [-0.2, 0) is 9.53 Å². The summed E-state index contributed by atoms with van der Waals surface area (Å²) in [4.78, 5) is 31.7. The van der Waals surface area contributed by atoms with Crippen molar-refractivity contribution in [3.05, 3.63) is 16.6 Å². The monoisotopic (exact) mass is 525 g/mol. The number of nitrogens with zero attached hydrogens (tertiary/aromatic N) is 2. The van der Waals surface area contributed by atoms with E-state index in [0.29, 0.717) is 54.9 Å². The largest absolute Gasteiger partial charge is 0.504 e. The molecule has 0 spiro atoms. The van der Waals surface area contributed by atoms with Crippen LogP contribution in [-0.4, -0.2) is 76.9 Å². The zero-order valence-corrected chi connectivity index (χ0v) is 20.7. The first kappa shape index (κ1) is 25.1. The van der Waals surface area contributed by atoms with Crippen LogP contribution in [0.2, 0.25) is 0 Å². The van der Waals surface area contributed by atoms with Crippen LogP contribution in [0, 0.1) is 0 Å². The maximum Gasteiger partial charge on any atom is 0.410 e. The molecule has 0 saturated carbocycles. The molecular formula is C22H32BrN5O5. The molecule has 2 aliphatic heterocycles. The molecule has 5 N–H and O–H groups in total. The zero-order chi connectivity index (χ0) is 24.2. The number of hydrogen-bond acceptors (Lipinski definition) is 8. The molecule has 2 heterocycles. The number of carbonyl (C=O) groups excluding carboxylic acids is 2. The number of fused-ring (bicyclic) bond motifs is 1. The number of ether oxygens (including phenoxy) is 1. The lowest BCUT2D eigenvalue weighted by Gasteiger charge is -2.39. The van der Waals surface area contributed by atoms with E-state index in [9.17, 15) is 14.7 Å². The molecule has 1 aromatic carbocycles. The normalized spacial score (nSPS) is 20.3. The first-order chi connectivity index (χ1) is 15.6. The Morgan fingerprint density at radius 3 is 2.82 bits per heavy atom. The number of likely N-dealkylation sites (tertiary alicyclic amines) is 1. The van der Waals surface area contributed by atoms with Crippen molar-refractivity contribution in [2.24, 2.45) is 4.99 Å². The number of hydrogen-bond donors (Lipinski definition) is 5. The van der Waals surface area contributed by atoms with Crippen molar-refractivity contribution >= 4 is 45.1 Å². The van der Waals surface area contributed by atoms with E-state index in [2.05, 4.69) is 36.9 Å². The van der Waals surface area contributed by atoms with Gasteiger partial charge in [0.1, 0.15) is 23.2 Å². The molecule has 11 heteroatoms. The van der Waals surface area contributed by atoms with Crippen molar-refractivity contribution < 1.29 is 24.5 Å². The van der Waals surface area contributed by atoms with E-state index in [-0.39, 0.29) is 24.3 Å². The number of piperidine rings is 1. The molecule has 2 amide bonds. The van der Waals surface area contributed by atoms with Gasteiger partial charge >= 0.3 is 6.09 Å². The molecular weight excluding hydrogens is 494 g/mol. The van der Waals surface area contributed by atoms with Gasteiger partial charge in [-0.25, -0.2) is 9.79 Å². The lowest BCUT2D eigenvalue weighted by molar-refractivity contribution is -0.127. The van der Waals surface area contributed by atoms with Gasteiger partial charge in [-0.1, -0.05) is 0 Å². The summed E-state index contributed by atoms with van der Waals surface area (Å²) >= 11 is 3.31. The number of nitrogens with one attached hydrogen (secondary N) is 3. The van der Waals surface area contributed by atoms with Crippen molar-refractivity contribution in [3.8, 4) is 5.75 Å². The Bertz CT molecular complexity index is 917. The number of rotatable bonds is 5. The van der Waals surface area contributed by atoms with Crippen molar-refractivity contribution in [1.82, 2.24) is 15.5 Å². The van der Waals surface area contributed by atoms with E-state index in [1.165, 1.54) is 4.90 Å². The quantitative estimate of drug-likeness (QED) is 0.372. The first-order valence-corrected chi connectivity index (χ1v) is 11.9. The van der Waals surface area contributed by atoms with Crippen LogP contribution in [0.25, 0.3) is 0 Å². The topological polar surface area (TPSA) is 136 Å². The maximum atomic E-state index is 12.9. The summed E-state index contributed by atoms with van der Waals surface area (Å²) in [6, 6.07) is 2.78.